The smallest absolute Gasteiger partial charge is 0.184 e. The summed E-state index contributed by atoms with van der Waals surface area (Å²) < 4.78 is 37.2. The van der Waals surface area contributed by atoms with Crippen molar-refractivity contribution in [2.24, 2.45) is 0 Å². The Morgan fingerprint density at radius 1 is 0.829 bits per heavy atom. The first kappa shape index (κ1) is 22.7. The minimum absolute atomic E-state index is 0.0998. The van der Waals surface area contributed by atoms with Gasteiger partial charge in [0.15, 0.2) is 6.29 Å². The third-order valence-electron chi connectivity index (χ3n) is 7.04. The fourth-order valence-electron chi connectivity index (χ4n) is 5.24. The summed E-state index contributed by atoms with van der Waals surface area (Å²) in [6, 6.07) is 22.5. The highest BCUT2D eigenvalue weighted by Crippen LogP contribution is 2.38. The van der Waals surface area contributed by atoms with Gasteiger partial charge in [-0.15, -0.1) is 0 Å². The molecule has 3 aromatic rings. The van der Waals surface area contributed by atoms with Crippen molar-refractivity contribution >= 4 is 10.8 Å². The molecule has 182 valence electrons. The Bertz CT molecular complexity index is 1170. The predicted octanol–water partition coefficient (Wildman–Crippen LogP) is 4.96. The lowest BCUT2D eigenvalue weighted by atomic mass is 9.92. The second-order valence-corrected chi connectivity index (χ2v) is 9.17. The monoisotopic (exact) mass is 474 g/mol. The van der Waals surface area contributed by atoms with Gasteiger partial charge < -0.3 is 28.4 Å². The van der Waals surface area contributed by atoms with E-state index in [1.165, 1.54) is 10.8 Å². The van der Waals surface area contributed by atoms with Gasteiger partial charge in [0.2, 0.25) is 0 Å². The molecule has 0 spiro atoms. The molecule has 6 atom stereocenters. The van der Waals surface area contributed by atoms with E-state index in [0.29, 0.717) is 19.8 Å². The zero-order valence-corrected chi connectivity index (χ0v) is 19.7. The number of rotatable bonds is 5. The summed E-state index contributed by atoms with van der Waals surface area (Å²) in [5, 5.41) is 2.40. The molecule has 3 heterocycles. The Hall–Kier alpha value is -2.74. The lowest BCUT2D eigenvalue weighted by Crippen LogP contribution is -2.62. The first-order chi connectivity index (χ1) is 17.3. The highest BCUT2D eigenvalue weighted by molar-refractivity contribution is 5.85. The van der Waals surface area contributed by atoms with Crippen LogP contribution < -0.4 is 4.74 Å². The topological polar surface area (TPSA) is 55.4 Å². The third kappa shape index (κ3) is 4.60. The zero-order valence-electron chi connectivity index (χ0n) is 19.7. The Balaban J connectivity index is 1.26. The summed E-state index contributed by atoms with van der Waals surface area (Å²) in [5.74, 6) is 0.793. The van der Waals surface area contributed by atoms with Crippen molar-refractivity contribution in [3.63, 3.8) is 0 Å². The highest BCUT2D eigenvalue weighted by Gasteiger charge is 2.51. The molecule has 2 fully saturated rings. The molecule has 6 nitrogen and oxygen atoms in total. The van der Waals surface area contributed by atoms with E-state index in [4.69, 9.17) is 28.4 Å². The Labute approximate surface area is 205 Å². The lowest BCUT2D eigenvalue weighted by Gasteiger charge is -2.49. The molecule has 3 aliphatic rings. The predicted molar refractivity (Wildman–Crippen MR) is 131 cm³/mol. The third-order valence-corrected chi connectivity index (χ3v) is 7.04. The van der Waals surface area contributed by atoms with Crippen LogP contribution in [0.5, 0.6) is 5.75 Å². The maximum atomic E-state index is 6.66. The van der Waals surface area contributed by atoms with Gasteiger partial charge in [-0.1, -0.05) is 66.7 Å². The van der Waals surface area contributed by atoms with Crippen LogP contribution in [0.15, 0.2) is 78.9 Å². The molecule has 0 aliphatic carbocycles. The molecular weight excluding hydrogens is 444 g/mol. The van der Waals surface area contributed by atoms with E-state index in [0.717, 1.165) is 23.3 Å². The van der Waals surface area contributed by atoms with Crippen LogP contribution in [0.1, 0.15) is 23.8 Å². The van der Waals surface area contributed by atoms with Crippen LogP contribution in [0.4, 0.5) is 0 Å². The average Bonchev–Trinajstić information content (AvgIpc) is 3.16. The zero-order chi connectivity index (χ0) is 23.6. The summed E-state index contributed by atoms with van der Waals surface area (Å²) in [7, 11) is 1.66. The minimum atomic E-state index is -0.505. The molecule has 6 rings (SSSR count). The Morgan fingerprint density at radius 2 is 1.69 bits per heavy atom. The molecule has 3 aromatic carbocycles. The van der Waals surface area contributed by atoms with E-state index in [-0.39, 0.29) is 30.5 Å². The van der Waals surface area contributed by atoms with Crippen molar-refractivity contribution < 1.29 is 28.4 Å². The summed E-state index contributed by atoms with van der Waals surface area (Å²) in [5.41, 5.74) is 2.08. The summed E-state index contributed by atoms with van der Waals surface area (Å²) in [6.07, 6.45) is 3.29. The van der Waals surface area contributed by atoms with Crippen LogP contribution in [0.25, 0.3) is 10.8 Å². The van der Waals surface area contributed by atoms with Crippen LogP contribution in [-0.4, -0.2) is 50.8 Å². The molecule has 0 aromatic heterocycles. The largest absolute Gasteiger partial charge is 0.497 e. The number of benzene rings is 3. The quantitative estimate of drug-likeness (QED) is 0.487. The fraction of sp³-hybridized carbons (Fsp3) is 0.379. The molecule has 2 saturated heterocycles. The Kier molecular flexibility index (Phi) is 6.55. The lowest BCUT2D eigenvalue weighted by molar-refractivity contribution is -0.337. The van der Waals surface area contributed by atoms with Crippen LogP contribution in [-0.2, 0) is 30.3 Å². The molecule has 6 heteroatoms. The molecule has 3 aliphatic heterocycles. The number of hydrogen-bond acceptors (Lipinski definition) is 6. The van der Waals surface area contributed by atoms with Gasteiger partial charge in [-0.2, -0.15) is 0 Å². The highest BCUT2D eigenvalue weighted by atomic mass is 16.7. The van der Waals surface area contributed by atoms with E-state index in [1.54, 1.807) is 7.11 Å². The molecule has 0 N–H and O–H groups in total. The van der Waals surface area contributed by atoms with Crippen molar-refractivity contribution in [3.8, 4) is 5.75 Å². The number of ether oxygens (including phenoxy) is 6. The molecule has 0 bridgehead atoms. The van der Waals surface area contributed by atoms with E-state index in [9.17, 15) is 0 Å². The van der Waals surface area contributed by atoms with Crippen molar-refractivity contribution in [3.05, 3.63) is 90.0 Å². The molecule has 0 amide bonds. The number of methoxy groups -OCH3 is 1. The van der Waals surface area contributed by atoms with Gasteiger partial charge in [-0.05, 0) is 34.9 Å². The average molecular weight is 475 g/mol. The minimum Gasteiger partial charge on any atom is -0.497 e. The van der Waals surface area contributed by atoms with E-state index >= 15 is 0 Å². The summed E-state index contributed by atoms with van der Waals surface area (Å²) >= 11 is 0. The maximum Gasteiger partial charge on any atom is 0.184 e. The van der Waals surface area contributed by atoms with E-state index in [2.05, 4.69) is 48.5 Å². The van der Waals surface area contributed by atoms with Gasteiger partial charge in [-0.3, -0.25) is 0 Å². The Morgan fingerprint density at radius 3 is 2.57 bits per heavy atom. The number of hydrogen-bond donors (Lipinski definition) is 0. The van der Waals surface area contributed by atoms with Crippen molar-refractivity contribution in [1.82, 2.24) is 0 Å². The second-order valence-electron chi connectivity index (χ2n) is 9.17. The molecule has 0 saturated carbocycles. The molecule has 35 heavy (non-hydrogen) atoms. The summed E-state index contributed by atoms with van der Waals surface area (Å²) in [6.45, 7) is 1.43. The normalized spacial score (nSPS) is 30.3. The first-order valence-corrected chi connectivity index (χ1v) is 12.2. The van der Waals surface area contributed by atoms with Crippen molar-refractivity contribution in [1.29, 1.82) is 0 Å². The van der Waals surface area contributed by atoms with Gasteiger partial charge in [0.05, 0.1) is 33.0 Å². The maximum absolute atomic E-state index is 6.66. The van der Waals surface area contributed by atoms with Crippen LogP contribution in [0.2, 0.25) is 0 Å². The number of fused-ring (bicyclic) bond motifs is 3. The van der Waals surface area contributed by atoms with Crippen LogP contribution in [0, 0.1) is 0 Å². The van der Waals surface area contributed by atoms with Gasteiger partial charge in [0.25, 0.3) is 0 Å². The molecule has 0 unspecified atom stereocenters. The van der Waals surface area contributed by atoms with E-state index < -0.39 is 6.29 Å². The van der Waals surface area contributed by atoms with E-state index in [1.807, 2.05) is 30.3 Å². The van der Waals surface area contributed by atoms with Crippen LogP contribution >= 0.6 is 0 Å². The SMILES string of the molecule is COc1ccc([C@@H]2OC[C@H]3O[C@H]4CC=CCO[C@@H]4[C@@H](OCc4cccc5ccccc45)[C@@H]3O2)cc1. The summed E-state index contributed by atoms with van der Waals surface area (Å²) in [4.78, 5) is 0. The van der Waals surface area contributed by atoms with Crippen molar-refractivity contribution in [2.45, 2.75) is 49.8 Å². The molecular formula is C29H30O6. The van der Waals surface area contributed by atoms with Gasteiger partial charge >= 0.3 is 0 Å². The van der Waals surface area contributed by atoms with Crippen molar-refractivity contribution in [2.75, 3.05) is 20.3 Å². The van der Waals surface area contributed by atoms with Gasteiger partial charge in [0.1, 0.15) is 30.2 Å². The van der Waals surface area contributed by atoms with Crippen LogP contribution in [0.3, 0.4) is 0 Å². The second kappa shape index (κ2) is 10.1. The fourth-order valence-corrected chi connectivity index (χ4v) is 5.24. The van der Waals surface area contributed by atoms with Gasteiger partial charge in [-0.25, -0.2) is 0 Å². The van der Waals surface area contributed by atoms with Gasteiger partial charge in [0, 0.05) is 5.56 Å². The standard InChI is InChI=1S/C29H30O6/c1-30-22-14-12-20(13-15-22)29-33-18-25-27(35-29)28(26-24(34-25)11-4-5-16-31-26)32-17-21-9-6-8-19-7-2-3-10-23(19)21/h2-10,12-15,24-29H,11,16-18H2,1H3/t24-,25+,26-,27+,28+,29+/m0/s1. The first-order valence-electron chi connectivity index (χ1n) is 12.2. The molecule has 0 radical (unpaired) electrons.